The number of amides is 1. The molecule has 27 heavy (non-hydrogen) atoms. The van der Waals surface area contributed by atoms with E-state index in [4.69, 9.17) is 0 Å². The minimum absolute atomic E-state index is 0.260. The number of hydrogen-bond acceptors (Lipinski definition) is 4. The van der Waals surface area contributed by atoms with Gasteiger partial charge < -0.3 is 5.32 Å². The number of halogens is 1. The smallest absolute Gasteiger partial charge is 0.273 e. The van der Waals surface area contributed by atoms with E-state index >= 15 is 0 Å². The van der Waals surface area contributed by atoms with Gasteiger partial charge in [0.05, 0.1) is 16.8 Å². The SMILES string of the molecule is O=C(Cn1[nH]c(=O)c2ccccc2c1=O)N[C@H]1CCSc2c(F)cccc21. The first-order valence-corrected chi connectivity index (χ1v) is 9.45. The molecule has 0 saturated carbocycles. The average molecular weight is 385 g/mol. The molecule has 4 rings (SSSR count). The van der Waals surface area contributed by atoms with Gasteiger partial charge in [-0.2, -0.15) is 0 Å². The molecule has 0 bridgehead atoms. The van der Waals surface area contributed by atoms with Crippen LogP contribution in [0.4, 0.5) is 4.39 Å². The highest BCUT2D eigenvalue weighted by atomic mass is 32.2. The molecule has 1 aliphatic heterocycles. The van der Waals surface area contributed by atoms with Gasteiger partial charge in [0.1, 0.15) is 12.4 Å². The van der Waals surface area contributed by atoms with Gasteiger partial charge in [-0.15, -0.1) is 11.8 Å². The molecule has 138 valence electrons. The van der Waals surface area contributed by atoms with Gasteiger partial charge in [-0.1, -0.05) is 24.3 Å². The highest BCUT2D eigenvalue weighted by Crippen LogP contribution is 2.37. The summed E-state index contributed by atoms with van der Waals surface area (Å²) in [7, 11) is 0. The summed E-state index contributed by atoms with van der Waals surface area (Å²) in [5.41, 5.74) is -0.135. The van der Waals surface area contributed by atoms with Crippen LogP contribution in [0.25, 0.3) is 10.8 Å². The van der Waals surface area contributed by atoms with E-state index in [0.717, 1.165) is 10.2 Å². The molecular formula is C19H16FN3O3S. The van der Waals surface area contributed by atoms with Gasteiger partial charge in [-0.25, -0.2) is 9.07 Å². The van der Waals surface area contributed by atoms with Crippen molar-refractivity contribution in [3.8, 4) is 0 Å². The Balaban J connectivity index is 1.59. The number of hydrogen-bond donors (Lipinski definition) is 2. The molecule has 1 aliphatic rings. The molecule has 0 aliphatic carbocycles. The number of carbonyl (C=O) groups is 1. The zero-order chi connectivity index (χ0) is 19.0. The van der Waals surface area contributed by atoms with Crippen LogP contribution in [0.15, 0.2) is 56.9 Å². The highest BCUT2D eigenvalue weighted by Gasteiger charge is 2.24. The van der Waals surface area contributed by atoms with Crippen LogP contribution in [-0.4, -0.2) is 21.4 Å². The van der Waals surface area contributed by atoms with Crippen molar-refractivity contribution in [1.82, 2.24) is 15.1 Å². The molecule has 2 aromatic carbocycles. The minimum Gasteiger partial charge on any atom is -0.348 e. The number of aromatic nitrogens is 2. The molecule has 0 unspecified atom stereocenters. The zero-order valence-electron chi connectivity index (χ0n) is 14.2. The van der Waals surface area contributed by atoms with Crippen LogP contribution in [0, 0.1) is 5.82 Å². The van der Waals surface area contributed by atoms with E-state index in [2.05, 4.69) is 10.4 Å². The van der Waals surface area contributed by atoms with E-state index in [1.165, 1.54) is 17.8 Å². The Bertz CT molecular complexity index is 1150. The Labute approximate surface area is 157 Å². The molecule has 3 aromatic rings. The van der Waals surface area contributed by atoms with E-state index in [1.54, 1.807) is 36.4 Å². The lowest BCUT2D eigenvalue weighted by atomic mass is 10.0. The number of nitrogens with one attached hydrogen (secondary N) is 2. The monoisotopic (exact) mass is 385 g/mol. The quantitative estimate of drug-likeness (QED) is 0.724. The molecule has 1 amide bonds. The van der Waals surface area contributed by atoms with Crippen LogP contribution < -0.4 is 16.4 Å². The summed E-state index contributed by atoms with van der Waals surface area (Å²) in [4.78, 5) is 37.7. The summed E-state index contributed by atoms with van der Waals surface area (Å²) in [6.45, 7) is -0.312. The fourth-order valence-corrected chi connectivity index (χ4v) is 4.42. The zero-order valence-corrected chi connectivity index (χ0v) is 15.0. The largest absolute Gasteiger partial charge is 0.348 e. The predicted octanol–water partition coefficient (Wildman–Crippen LogP) is 2.18. The van der Waals surface area contributed by atoms with Gasteiger partial charge in [0.25, 0.3) is 11.1 Å². The Morgan fingerprint density at radius 1 is 1.19 bits per heavy atom. The van der Waals surface area contributed by atoms with Crippen molar-refractivity contribution in [2.45, 2.75) is 23.9 Å². The molecule has 2 heterocycles. The van der Waals surface area contributed by atoms with Crippen molar-refractivity contribution in [2.24, 2.45) is 0 Å². The second-order valence-corrected chi connectivity index (χ2v) is 7.40. The van der Waals surface area contributed by atoms with Crippen molar-refractivity contribution in [3.05, 3.63) is 74.6 Å². The second kappa shape index (κ2) is 7.03. The molecule has 0 fully saturated rings. The van der Waals surface area contributed by atoms with E-state index in [1.807, 2.05) is 0 Å². The predicted molar refractivity (Wildman–Crippen MR) is 101 cm³/mol. The number of rotatable bonds is 3. The van der Waals surface area contributed by atoms with Gasteiger partial charge in [0.2, 0.25) is 5.91 Å². The van der Waals surface area contributed by atoms with Crippen LogP contribution in [0.2, 0.25) is 0 Å². The third-order valence-corrected chi connectivity index (χ3v) is 5.71. The molecule has 0 spiro atoms. The van der Waals surface area contributed by atoms with Gasteiger partial charge in [0.15, 0.2) is 0 Å². The van der Waals surface area contributed by atoms with Gasteiger partial charge in [-0.05, 0) is 30.2 Å². The van der Waals surface area contributed by atoms with Crippen molar-refractivity contribution < 1.29 is 9.18 Å². The van der Waals surface area contributed by atoms with Gasteiger partial charge >= 0.3 is 0 Å². The molecule has 8 heteroatoms. The number of fused-ring (bicyclic) bond motifs is 2. The van der Waals surface area contributed by atoms with Crippen LogP contribution in [0.1, 0.15) is 18.0 Å². The summed E-state index contributed by atoms with van der Waals surface area (Å²) in [5, 5.41) is 5.83. The number of thioether (sulfide) groups is 1. The highest BCUT2D eigenvalue weighted by molar-refractivity contribution is 7.99. The van der Waals surface area contributed by atoms with E-state index < -0.39 is 17.0 Å². The topological polar surface area (TPSA) is 84.0 Å². The Morgan fingerprint density at radius 3 is 2.78 bits per heavy atom. The lowest BCUT2D eigenvalue weighted by Gasteiger charge is -2.26. The molecule has 1 aromatic heterocycles. The molecule has 0 radical (unpaired) electrons. The van der Waals surface area contributed by atoms with Crippen LogP contribution in [0.3, 0.4) is 0 Å². The lowest BCUT2D eigenvalue weighted by Crippen LogP contribution is -2.38. The van der Waals surface area contributed by atoms with Gasteiger partial charge in [-0.3, -0.25) is 19.5 Å². The third kappa shape index (κ3) is 3.28. The maximum absolute atomic E-state index is 14.0. The normalized spacial score (nSPS) is 16.1. The standard InChI is InChI=1S/C19H16FN3O3S/c20-14-7-3-6-13-15(8-9-27-17(13)14)21-16(24)10-23-19(26)12-5-2-1-4-11(12)18(25)22-23/h1-7,15H,8-10H2,(H,21,24)(H,22,25)/t15-/m0/s1. The number of H-pyrrole nitrogens is 1. The van der Waals surface area contributed by atoms with Crippen LogP contribution in [-0.2, 0) is 11.3 Å². The Kier molecular flexibility index (Phi) is 4.57. The molecular weight excluding hydrogens is 369 g/mol. The number of benzene rings is 2. The molecule has 6 nitrogen and oxygen atoms in total. The first kappa shape index (κ1) is 17.5. The summed E-state index contributed by atoms with van der Waals surface area (Å²) >= 11 is 1.43. The van der Waals surface area contributed by atoms with E-state index in [9.17, 15) is 18.8 Å². The van der Waals surface area contributed by atoms with Crippen molar-refractivity contribution in [3.63, 3.8) is 0 Å². The van der Waals surface area contributed by atoms with Crippen molar-refractivity contribution in [2.75, 3.05) is 5.75 Å². The number of aromatic amines is 1. The summed E-state index contributed by atoms with van der Waals surface area (Å²) < 4.78 is 15.0. The van der Waals surface area contributed by atoms with Gasteiger partial charge in [0, 0.05) is 10.6 Å². The number of nitrogens with zero attached hydrogens (tertiary/aromatic N) is 1. The maximum Gasteiger partial charge on any atom is 0.273 e. The van der Waals surface area contributed by atoms with Crippen LogP contribution >= 0.6 is 11.8 Å². The second-order valence-electron chi connectivity index (χ2n) is 6.29. The maximum atomic E-state index is 14.0. The molecule has 2 N–H and O–H groups in total. The number of carbonyl (C=O) groups excluding carboxylic acids is 1. The Morgan fingerprint density at radius 2 is 1.96 bits per heavy atom. The fraction of sp³-hybridized carbons (Fsp3) is 0.211. The van der Waals surface area contributed by atoms with Crippen LogP contribution in [0.5, 0.6) is 0 Å². The lowest BCUT2D eigenvalue weighted by molar-refractivity contribution is -0.122. The van der Waals surface area contributed by atoms with Crippen molar-refractivity contribution in [1.29, 1.82) is 0 Å². The third-order valence-electron chi connectivity index (χ3n) is 4.55. The first-order chi connectivity index (χ1) is 13.0. The van der Waals surface area contributed by atoms with E-state index in [0.29, 0.717) is 17.1 Å². The molecule has 1 atom stereocenters. The fourth-order valence-electron chi connectivity index (χ4n) is 3.28. The average Bonchev–Trinajstić information content (AvgIpc) is 2.67. The first-order valence-electron chi connectivity index (χ1n) is 8.47. The minimum atomic E-state index is -0.439. The summed E-state index contributed by atoms with van der Waals surface area (Å²) in [6.07, 6.45) is 0.663. The molecule has 0 saturated heterocycles. The summed E-state index contributed by atoms with van der Waals surface area (Å²) in [5.74, 6) is -0.0345. The van der Waals surface area contributed by atoms with E-state index in [-0.39, 0.29) is 29.2 Å². The summed E-state index contributed by atoms with van der Waals surface area (Å²) in [6, 6.07) is 10.9. The van der Waals surface area contributed by atoms with Crippen molar-refractivity contribution >= 4 is 28.4 Å². The Hall–Kier alpha value is -2.87.